The Kier molecular flexibility index (Phi) is 6.16. The molecule has 0 N–H and O–H groups in total. The first-order valence-electron chi connectivity index (χ1n) is 14.2. The molecule has 8 aromatic rings. The quantitative estimate of drug-likeness (QED) is 0.109. The van der Waals surface area contributed by atoms with Crippen molar-refractivity contribution in [1.29, 1.82) is 0 Å². The molecule has 1 nitrogen and oxygen atoms in total. The van der Waals surface area contributed by atoms with Gasteiger partial charge in [-0.3, -0.25) is 0 Å². The van der Waals surface area contributed by atoms with Gasteiger partial charge in [0.15, 0.2) is 0 Å². The van der Waals surface area contributed by atoms with Crippen LogP contribution in [0.15, 0.2) is 158 Å². The van der Waals surface area contributed by atoms with Gasteiger partial charge in [-0.15, -0.1) is 0 Å². The maximum absolute atomic E-state index is 4.83. The molecule has 7 aromatic carbocycles. The summed E-state index contributed by atoms with van der Waals surface area (Å²) in [7, 11) is 0. The Labute approximate surface area is 252 Å². The molecule has 0 spiro atoms. The summed E-state index contributed by atoms with van der Waals surface area (Å²) in [5.74, 6) is 0. The molecule has 0 saturated carbocycles. The van der Waals surface area contributed by atoms with E-state index in [9.17, 15) is 0 Å². The van der Waals surface area contributed by atoms with Crippen molar-refractivity contribution in [3.05, 3.63) is 158 Å². The van der Waals surface area contributed by atoms with Gasteiger partial charge >= 0.3 is 254 Å². The summed E-state index contributed by atoms with van der Waals surface area (Å²) in [6.45, 7) is 0. The number of fused-ring (bicyclic) bond motifs is 6. The van der Waals surface area contributed by atoms with Gasteiger partial charge in [-0.1, -0.05) is 0 Å². The molecule has 198 valence electrons. The van der Waals surface area contributed by atoms with E-state index in [1.54, 1.807) is 0 Å². The minimum absolute atomic E-state index is 1.05. The van der Waals surface area contributed by atoms with Crippen LogP contribution in [0, 0.1) is 0 Å². The van der Waals surface area contributed by atoms with Crippen LogP contribution in [0.5, 0.6) is 0 Å². The number of rotatable bonds is 4. The Hall–Kier alpha value is -4.32. The van der Waals surface area contributed by atoms with E-state index in [1.165, 1.54) is 59.4 Å². The number of hydrogen-bond donors (Lipinski definition) is 0. The van der Waals surface area contributed by atoms with Gasteiger partial charge in [0, 0.05) is 0 Å². The number of nitrogens with zero attached hydrogens (tertiary/aromatic N) is 1. The molecular weight excluding hydrogens is 592 g/mol. The van der Waals surface area contributed by atoms with Crippen molar-refractivity contribution in [2.24, 2.45) is 0 Å². The first-order valence-corrected chi connectivity index (χ1v) is 18.2. The number of hydrogen-bond acceptors (Lipinski definition) is 1. The van der Waals surface area contributed by atoms with Crippen LogP contribution >= 0.6 is 5.51 Å². The van der Waals surface area contributed by atoms with Crippen molar-refractivity contribution >= 4 is 79.7 Å². The molecule has 0 aliphatic heterocycles. The zero-order chi connectivity index (χ0) is 28.1. The molecule has 1 heterocycles. The van der Waals surface area contributed by atoms with Gasteiger partial charge in [0.1, 0.15) is 0 Å². The van der Waals surface area contributed by atoms with Gasteiger partial charge in [0.05, 0.1) is 0 Å². The van der Waals surface area contributed by atoms with Crippen molar-refractivity contribution in [3.63, 3.8) is 0 Å². The zero-order valence-electron chi connectivity index (χ0n) is 22.8. The van der Waals surface area contributed by atoms with Crippen LogP contribution in [0.2, 0.25) is 0 Å². The summed E-state index contributed by atoms with van der Waals surface area (Å²) in [5.41, 5.74) is 1.50. The molecule has 1 atom stereocenters. The predicted molar refractivity (Wildman–Crippen MR) is 184 cm³/mol. The zero-order valence-corrected chi connectivity index (χ0v) is 25.4. The summed E-state index contributed by atoms with van der Waals surface area (Å²) in [4.78, 5) is 4.83. The normalized spacial score (nSPS) is 13.0. The Morgan fingerprint density at radius 2 is 1.10 bits per heavy atom. The van der Waals surface area contributed by atoms with E-state index in [-0.39, 0.29) is 0 Å². The molecule has 0 saturated heterocycles. The van der Waals surface area contributed by atoms with Crippen LogP contribution in [0.3, 0.4) is 0 Å². The van der Waals surface area contributed by atoms with Gasteiger partial charge in [-0.2, -0.15) is 0 Å². The molecule has 0 radical (unpaired) electrons. The third-order valence-corrected chi connectivity index (χ3v) is 15.4. The van der Waals surface area contributed by atoms with E-state index >= 15 is 0 Å². The second-order valence-electron chi connectivity index (χ2n) is 10.7. The second-order valence-corrected chi connectivity index (χ2v) is 16.9. The minimum atomic E-state index is -2.00. The topological polar surface area (TPSA) is 12.9 Å². The number of pyridine rings is 1. The van der Waals surface area contributed by atoms with Crippen LogP contribution in [-0.2, 0) is 0 Å². The van der Waals surface area contributed by atoms with Gasteiger partial charge in [-0.25, -0.2) is 0 Å². The Morgan fingerprint density at radius 3 is 1.93 bits per heavy atom. The van der Waals surface area contributed by atoms with Crippen molar-refractivity contribution in [3.8, 4) is 11.1 Å². The van der Waals surface area contributed by atoms with Crippen LogP contribution < -0.4 is 15.9 Å². The van der Waals surface area contributed by atoms with Crippen LogP contribution in [-0.4, -0.2) is 20.1 Å². The van der Waals surface area contributed by atoms with E-state index in [4.69, 9.17) is 4.98 Å². The molecule has 0 bridgehead atoms. The Bertz CT molecular complexity index is 2310. The van der Waals surface area contributed by atoms with E-state index < -0.39 is 5.51 Å². The van der Waals surface area contributed by atoms with Gasteiger partial charge in [-0.05, 0) is 0 Å². The fourth-order valence-corrected chi connectivity index (χ4v) is 11.2. The third kappa shape index (κ3) is 4.07. The first-order chi connectivity index (χ1) is 20.7. The summed E-state index contributed by atoms with van der Waals surface area (Å²) in [6.07, 6.45) is 1.90. The van der Waals surface area contributed by atoms with Crippen molar-refractivity contribution in [2.75, 3.05) is 0 Å². The van der Waals surface area contributed by atoms with E-state index in [2.05, 4.69) is 161 Å². The molecule has 3 heteroatoms. The van der Waals surface area contributed by atoms with Crippen molar-refractivity contribution in [1.82, 2.24) is 4.98 Å². The summed E-state index contributed by atoms with van der Waals surface area (Å²) >= 11 is 3.74. The molecule has 8 rings (SSSR count). The molecular formula is C39H26NPSe. The second kappa shape index (κ2) is 10.2. The fourth-order valence-electron chi connectivity index (χ4n) is 6.27. The summed E-state index contributed by atoms with van der Waals surface area (Å²) in [6, 6.07) is 55.4. The molecule has 1 unspecified atom stereocenters. The third-order valence-electron chi connectivity index (χ3n) is 8.35. The van der Waals surface area contributed by atoms with Crippen LogP contribution in [0.25, 0.3) is 54.3 Å². The molecule has 1 aromatic heterocycles. The number of aromatic nitrogens is 1. The standard InChI is InChI=1S/C39H26NPSe/c42-41(32-13-2-1-3-14-32,34-22-16-27-9-4-5-11-30(27)25-34)33-20-17-29(18-21-33)37-26-31-12-8-24-40-39(31)38-35-15-7-6-10-28(35)19-23-36(37)38/h1-26H. The maximum atomic E-state index is 4.83. The first kappa shape index (κ1) is 25.4. The van der Waals surface area contributed by atoms with Crippen molar-refractivity contribution < 1.29 is 0 Å². The molecule has 0 aliphatic rings. The average molecular weight is 619 g/mol. The van der Waals surface area contributed by atoms with E-state index in [1.807, 2.05) is 12.3 Å². The molecule has 0 fully saturated rings. The average Bonchev–Trinajstić information content (AvgIpc) is 3.07. The van der Waals surface area contributed by atoms with Crippen LogP contribution in [0.4, 0.5) is 0 Å². The van der Waals surface area contributed by atoms with Gasteiger partial charge < -0.3 is 0 Å². The predicted octanol–water partition coefficient (Wildman–Crippen LogP) is 8.74. The molecule has 0 amide bonds. The van der Waals surface area contributed by atoms with Gasteiger partial charge in [0.2, 0.25) is 0 Å². The van der Waals surface area contributed by atoms with Crippen LogP contribution in [0.1, 0.15) is 0 Å². The number of benzene rings is 7. The SMILES string of the molecule is [Se]=P(c1ccccc1)(c1ccc(-c2cc3cccnc3c3c2ccc2ccccc23)cc1)c1ccc2ccccc2c1. The summed E-state index contributed by atoms with van der Waals surface area (Å²) in [5, 5.41) is 12.6. The van der Waals surface area contributed by atoms with Gasteiger partial charge in [0.25, 0.3) is 0 Å². The van der Waals surface area contributed by atoms with Crippen molar-refractivity contribution in [2.45, 2.75) is 0 Å². The molecule has 42 heavy (non-hydrogen) atoms. The fraction of sp³-hybridized carbons (Fsp3) is 0. The van der Waals surface area contributed by atoms with E-state index in [0.29, 0.717) is 0 Å². The Morgan fingerprint density at radius 1 is 0.452 bits per heavy atom. The van der Waals surface area contributed by atoms with E-state index in [0.717, 1.165) is 10.9 Å². The monoisotopic (exact) mass is 619 g/mol. The Balaban J connectivity index is 1.33. The summed E-state index contributed by atoms with van der Waals surface area (Å²) < 4.78 is 0. The molecule has 0 aliphatic carbocycles.